The van der Waals surface area contributed by atoms with Crippen molar-refractivity contribution in [2.45, 2.75) is 25.2 Å². The van der Waals surface area contributed by atoms with E-state index in [4.69, 9.17) is 4.74 Å². The third kappa shape index (κ3) is 2.17. The minimum absolute atomic E-state index is 0.0470. The summed E-state index contributed by atoms with van der Waals surface area (Å²) in [6.07, 6.45) is 0.837. The molecule has 2 aromatic carbocycles. The number of nitrogens with zero attached hydrogens (tertiary/aromatic N) is 1. The molecule has 1 aliphatic rings. The van der Waals surface area contributed by atoms with Gasteiger partial charge in [-0.1, -0.05) is 48.5 Å². The molecule has 0 N–H and O–H groups in total. The third-order valence-corrected chi connectivity index (χ3v) is 4.24. The van der Waals surface area contributed by atoms with Crippen LogP contribution in [0.3, 0.4) is 0 Å². The maximum atomic E-state index is 12.1. The first-order valence-electron chi connectivity index (χ1n) is 7.45. The molecular formula is C19H17NO2. The Morgan fingerprint density at radius 3 is 2.18 bits per heavy atom. The molecule has 0 aromatic heterocycles. The summed E-state index contributed by atoms with van der Waals surface area (Å²) in [5.41, 5.74) is 3.09. The van der Waals surface area contributed by atoms with Gasteiger partial charge in [-0.2, -0.15) is 5.26 Å². The summed E-state index contributed by atoms with van der Waals surface area (Å²) in [6, 6.07) is 18.2. The fraction of sp³-hybridized carbons (Fsp3) is 0.263. The Morgan fingerprint density at radius 1 is 1.14 bits per heavy atom. The van der Waals surface area contributed by atoms with Crippen molar-refractivity contribution in [1.29, 1.82) is 5.26 Å². The van der Waals surface area contributed by atoms with E-state index in [2.05, 4.69) is 6.07 Å². The van der Waals surface area contributed by atoms with Crippen molar-refractivity contribution in [2.75, 3.05) is 6.61 Å². The largest absolute Gasteiger partial charge is 0.466 e. The predicted octanol–water partition coefficient (Wildman–Crippen LogP) is 3.35. The number of benzene rings is 2. The quantitative estimate of drug-likeness (QED) is 0.815. The van der Waals surface area contributed by atoms with Crippen molar-refractivity contribution in [3.63, 3.8) is 0 Å². The van der Waals surface area contributed by atoms with Crippen molar-refractivity contribution >= 4 is 5.97 Å². The first kappa shape index (κ1) is 14.3. The van der Waals surface area contributed by atoms with E-state index in [1.165, 1.54) is 0 Å². The van der Waals surface area contributed by atoms with Crippen LogP contribution in [-0.4, -0.2) is 12.6 Å². The van der Waals surface area contributed by atoms with E-state index in [0.717, 1.165) is 28.7 Å². The molecule has 0 aliphatic heterocycles. The Hall–Kier alpha value is -2.60. The van der Waals surface area contributed by atoms with E-state index in [0.29, 0.717) is 6.61 Å². The zero-order valence-corrected chi connectivity index (χ0v) is 12.5. The zero-order valence-electron chi connectivity index (χ0n) is 12.5. The van der Waals surface area contributed by atoms with E-state index in [1.807, 2.05) is 48.5 Å². The molecular weight excluding hydrogens is 274 g/mol. The lowest BCUT2D eigenvalue weighted by Crippen LogP contribution is -2.35. The number of esters is 1. The van der Waals surface area contributed by atoms with Gasteiger partial charge in [0.2, 0.25) is 0 Å². The summed E-state index contributed by atoms with van der Waals surface area (Å²) in [5.74, 6) is -0.337. The minimum atomic E-state index is -0.961. The van der Waals surface area contributed by atoms with E-state index in [9.17, 15) is 10.1 Å². The number of rotatable bonds is 3. The molecule has 1 aliphatic carbocycles. The van der Waals surface area contributed by atoms with Crippen molar-refractivity contribution in [2.24, 2.45) is 0 Å². The molecule has 22 heavy (non-hydrogen) atoms. The van der Waals surface area contributed by atoms with Gasteiger partial charge in [0.1, 0.15) is 5.41 Å². The molecule has 110 valence electrons. The summed E-state index contributed by atoms with van der Waals surface area (Å²) < 4.78 is 5.11. The minimum Gasteiger partial charge on any atom is -0.466 e. The second-order valence-corrected chi connectivity index (χ2v) is 5.49. The second-order valence-electron chi connectivity index (χ2n) is 5.49. The molecule has 0 atom stereocenters. The Morgan fingerprint density at radius 2 is 1.68 bits per heavy atom. The maximum absolute atomic E-state index is 12.1. The first-order chi connectivity index (χ1) is 10.7. The molecule has 3 nitrogen and oxygen atoms in total. The van der Waals surface area contributed by atoms with Gasteiger partial charge in [-0.3, -0.25) is 4.79 Å². The highest BCUT2D eigenvalue weighted by Crippen LogP contribution is 2.43. The summed E-state index contributed by atoms with van der Waals surface area (Å²) in [7, 11) is 0. The number of ether oxygens (including phenoxy) is 1. The first-order valence-corrected chi connectivity index (χ1v) is 7.45. The SMILES string of the molecule is CCOC(=O)CC1(C#N)c2ccccc2Cc2ccccc21. The number of carbonyl (C=O) groups excluding carboxylic acids is 1. The third-order valence-electron chi connectivity index (χ3n) is 4.24. The highest BCUT2D eigenvalue weighted by molar-refractivity contribution is 5.75. The summed E-state index contributed by atoms with van der Waals surface area (Å²) in [5, 5.41) is 9.99. The summed E-state index contributed by atoms with van der Waals surface area (Å²) in [6.45, 7) is 2.10. The zero-order chi connectivity index (χ0) is 15.6. The smallest absolute Gasteiger partial charge is 0.308 e. The Kier molecular flexibility index (Phi) is 3.68. The van der Waals surface area contributed by atoms with Gasteiger partial charge < -0.3 is 4.74 Å². The number of hydrogen-bond donors (Lipinski definition) is 0. The van der Waals surface area contributed by atoms with Crippen LogP contribution in [0, 0.1) is 11.3 Å². The molecule has 0 bridgehead atoms. The molecule has 0 fully saturated rings. The van der Waals surface area contributed by atoms with Crippen molar-refractivity contribution in [1.82, 2.24) is 0 Å². The van der Waals surface area contributed by atoms with Gasteiger partial charge >= 0.3 is 5.97 Å². The molecule has 0 unspecified atom stereocenters. The molecule has 0 amide bonds. The van der Waals surface area contributed by atoms with Gasteiger partial charge in [-0.25, -0.2) is 0 Å². The molecule has 2 aromatic rings. The van der Waals surface area contributed by atoms with Gasteiger partial charge in [0.25, 0.3) is 0 Å². The van der Waals surface area contributed by atoms with Gasteiger partial charge in [0.15, 0.2) is 0 Å². The summed E-state index contributed by atoms with van der Waals surface area (Å²) in [4.78, 5) is 12.1. The predicted molar refractivity (Wildman–Crippen MR) is 83.3 cm³/mol. The van der Waals surface area contributed by atoms with Crippen LogP contribution < -0.4 is 0 Å². The van der Waals surface area contributed by atoms with E-state index < -0.39 is 5.41 Å². The highest BCUT2D eigenvalue weighted by atomic mass is 16.5. The van der Waals surface area contributed by atoms with Crippen LogP contribution in [0.4, 0.5) is 0 Å². The molecule has 0 heterocycles. The van der Waals surface area contributed by atoms with Crippen LogP contribution in [-0.2, 0) is 21.4 Å². The lowest BCUT2D eigenvalue weighted by molar-refractivity contribution is -0.143. The normalized spacial score (nSPS) is 14.4. The molecule has 3 rings (SSSR count). The Labute approximate surface area is 130 Å². The van der Waals surface area contributed by atoms with E-state index in [-0.39, 0.29) is 12.4 Å². The van der Waals surface area contributed by atoms with Gasteiger partial charge in [-0.05, 0) is 35.6 Å². The van der Waals surface area contributed by atoms with Gasteiger partial charge in [0, 0.05) is 0 Å². The Bertz CT molecular complexity index is 713. The second kappa shape index (κ2) is 5.65. The monoisotopic (exact) mass is 291 g/mol. The van der Waals surface area contributed by atoms with Gasteiger partial charge in [0.05, 0.1) is 19.1 Å². The molecule has 0 saturated heterocycles. The fourth-order valence-electron chi connectivity index (χ4n) is 3.31. The fourth-order valence-corrected chi connectivity index (χ4v) is 3.31. The van der Waals surface area contributed by atoms with Crippen LogP contribution in [0.1, 0.15) is 35.6 Å². The average Bonchev–Trinajstić information content (AvgIpc) is 2.54. The molecule has 0 radical (unpaired) electrons. The van der Waals surface area contributed by atoms with Crippen molar-refractivity contribution < 1.29 is 9.53 Å². The number of fused-ring (bicyclic) bond motifs is 2. The van der Waals surface area contributed by atoms with Gasteiger partial charge in [-0.15, -0.1) is 0 Å². The number of nitriles is 1. The van der Waals surface area contributed by atoms with E-state index in [1.54, 1.807) is 6.92 Å². The molecule has 0 saturated carbocycles. The van der Waals surface area contributed by atoms with Crippen molar-refractivity contribution in [3.05, 3.63) is 70.8 Å². The van der Waals surface area contributed by atoms with Crippen LogP contribution in [0.5, 0.6) is 0 Å². The van der Waals surface area contributed by atoms with Crippen LogP contribution in [0.15, 0.2) is 48.5 Å². The molecule has 3 heteroatoms. The lowest BCUT2D eigenvalue weighted by Gasteiger charge is -2.34. The lowest BCUT2D eigenvalue weighted by atomic mass is 9.65. The average molecular weight is 291 g/mol. The number of carbonyl (C=O) groups is 1. The van der Waals surface area contributed by atoms with Crippen LogP contribution in [0.2, 0.25) is 0 Å². The topological polar surface area (TPSA) is 50.1 Å². The van der Waals surface area contributed by atoms with Crippen LogP contribution in [0.25, 0.3) is 0 Å². The standard InChI is InChI=1S/C19H17NO2/c1-2-22-18(21)12-19(13-20)16-9-5-3-7-14(16)11-15-8-4-6-10-17(15)19/h3-10H,2,11-12H2,1H3. The highest BCUT2D eigenvalue weighted by Gasteiger charge is 2.43. The summed E-state index contributed by atoms with van der Waals surface area (Å²) >= 11 is 0. The van der Waals surface area contributed by atoms with E-state index >= 15 is 0 Å². The molecule has 0 spiro atoms. The van der Waals surface area contributed by atoms with Crippen LogP contribution >= 0.6 is 0 Å². The Balaban J connectivity index is 2.20. The van der Waals surface area contributed by atoms with Crippen molar-refractivity contribution in [3.8, 4) is 6.07 Å². The number of hydrogen-bond acceptors (Lipinski definition) is 3. The maximum Gasteiger partial charge on any atom is 0.308 e.